The van der Waals surface area contributed by atoms with Crippen LogP contribution in [0.25, 0.3) is 0 Å². The summed E-state index contributed by atoms with van der Waals surface area (Å²) in [6.07, 6.45) is 3.80. The molecule has 10 nitrogen and oxygen atoms in total. The Morgan fingerprint density at radius 1 is 1.30 bits per heavy atom. The Bertz CT molecular complexity index is 1050. The number of rotatable bonds is 7. The predicted molar refractivity (Wildman–Crippen MR) is 108 cm³/mol. The number of ether oxygens (including phenoxy) is 1. The minimum absolute atomic E-state index is 0.0405. The first-order valence-corrected chi connectivity index (χ1v) is 11.1. The molecule has 1 aromatic carbocycles. The van der Waals surface area contributed by atoms with Gasteiger partial charge in [0.15, 0.2) is 0 Å². The van der Waals surface area contributed by atoms with Crippen LogP contribution in [0.2, 0.25) is 0 Å². The SMILES string of the molecule is CC(C)Oc1ccc(S(=O)(=O)N2CCCCC2)cc1NC(=O)Cn1cnc(C#N)n1. The summed E-state index contributed by atoms with van der Waals surface area (Å²) in [5, 5.41) is 15.3. The van der Waals surface area contributed by atoms with Gasteiger partial charge in [-0.1, -0.05) is 6.42 Å². The number of aromatic nitrogens is 3. The van der Waals surface area contributed by atoms with E-state index in [0.29, 0.717) is 18.8 Å². The highest BCUT2D eigenvalue weighted by Crippen LogP contribution is 2.31. The first kappa shape index (κ1) is 21.7. The lowest BCUT2D eigenvalue weighted by Gasteiger charge is -2.26. The highest BCUT2D eigenvalue weighted by molar-refractivity contribution is 7.89. The van der Waals surface area contributed by atoms with E-state index in [0.717, 1.165) is 19.3 Å². The van der Waals surface area contributed by atoms with E-state index in [1.165, 1.54) is 27.4 Å². The van der Waals surface area contributed by atoms with E-state index in [2.05, 4.69) is 15.4 Å². The largest absolute Gasteiger partial charge is 0.489 e. The van der Waals surface area contributed by atoms with Gasteiger partial charge < -0.3 is 10.1 Å². The van der Waals surface area contributed by atoms with Crippen LogP contribution >= 0.6 is 0 Å². The van der Waals surface area contributed by atoms with Crippen LogP contribution in [0.4, 0.5) is 5.69 Å². The molecular formula is C19H24N6O4S. The molecule has 30 heavy (non-hydrogen) atoms. The van der Waals surface area contributed by atoms with Crippen molar-refractivity contribution < 1.29 is 17.9 Å². The Balaban J connectivity index is 1.85. The number of anilines is 1. The van der Waals surface area contributed by atoms with Crippen LogP contribution in [0, 0.1) is 11.3 Å². The fourth-order valence-corrected chi connectivity index (χ4v) is 4.68. The maximum atomic E-state index is 13.0. The maximum Gasteiger partial charge on any atom is 0.252 e. The number of nitriles is 1. The van der Waals surface area contributed by atoms with Gasteiger partial charge in [0.05, 0.1) is 16.7 Å². The number of nitrogens with one attached hydrogen (secondary N) is 1. The van der Waals surface area contributed by atoms with Crippen molar-refractivity contribution in [2.45, 2.75) is 50.7 Å². The summed E-state index contributed by atoms with van der Waals surface area (Å²) < 4.78 is 34.4. The first-order chi connectivity index (χ1) is 14.3. The molecule has 2 heterocycles. The molecule has 1 N–H and O–H groups in total. The van der Waals surface area contributed by atoms with Crippen LogP contribution in [0.15, 0.2) is 29.4 Å². The lowest BCUT2D eigenvalue weighted by atomic mass is 10.2. The third-order valence-corrected chi connectivity index (χ3v) is 6.38. The Morgan fingerprint density at radius 2 is 2.03 bits per heavy atom. The van der Waals surface area contributed by atoms with Crippen molar-refractivity contribution in [2.75, 3.05) is 18.4 Å². The minimum atomic E-state index is -3.66. The van der Waals surface area contributed by atoms with Gasteiger partial charge in [-0.15, -0.1) is 5.10 Å². The molecule has 11 heteroatoms. The first-order valence-electron chi connectivity index (χ1n) is 9.70. The van der Waals surface area contributed by atoms with E-state index in [1.54, 1.807) is 12.1 Å². The van der Waals surface area contributed by atoms with Crippen molar-refractivity contribution in [2.24, 2.45) is 0 Å². The molecule has 1 amide bonds. The van der Waals surface area contributed by atoms with Gasteiger partial charge in [-0.05, 0) is 44.9 Å². The van der Waals surface area contributed by atoms with Crippen molar-refractivity contribution in [3.8, 4) is 11.8 Å². The summed E-state index contributed by atoms with van der Waals surface area (Å²) in [6, 6.07) is 6.25. The fraction of sp³-hybridized carbons (Fsp3) is 0.474. The Labute approximate surface area is 175 Å². The van der Waals surface area contributed by atoms with Gasteiger partial charge in [0.1, 0.15) is 24.7 Å². The smallest absolute Gasteiger partial charge is 0.252 e. The second-order valence-electron chi connectivity index (χ2n) is 7.22. The van der Waals surface area contributed by atoms with Crippen LogP contribution in [0.5, 0.6) is 5.75 Å². The molecule has 0 bridgehead atoms. The van der Waals surface area contributed by atoms with E-state index in [9.17, 15) is 13.2 Å². The number of carbonyl (C=O) groups excluding carboxylic acids is 1. The molecule has 1 aliphatic heterocycles. The standard InChI is InChI=1S/C19H24N6O4S/c1-14(2)29-17-7-6-15(30(27,28)25-8-4-3-5-9-25)10-16(17)22-19(26)12-24-13-21-18(11-20)23-24/h6-7,10,13-14H,3-5,8-9,12H2,1-2H3,(H,22,26). The third kappa shape index (κ3) is 5.14. The quantitative estimate of drug-likeness (QED) is 0.705. The topological polar surface area (TPSA) is 130 Å². The zero-order chi connectivity index (χ0) is 21.7. The van der Waals surface area contributed by atoms with E-state index in [-0.39, 0.29) is 29.1 Å². The normalized spacial score (nSPS) is 15.0. The summed E-state index contributed by atoms with van der Waals surface area (Å²) in [6.45, 7) is 4.47. The molecule has 0 radical (unpaired) electrons. The highest BCUT2D eigenvalue weighted by Gasteiger charge is 2.27. The van der Waals surface area contributed by atoms with Gasteiger partial charge >= 0.3 is 0 Å². The number of piperidine rings is 1. The molecular weight excluding hydrogens is 408 g/mol. The maximum absolute atomic E-state index is 13.0. The van der Waals surface area contributed by atoms with Crippen molar-refractivity contribution in [3.05, 3.63) is 30.4 Å². The monoisotopic (exact) mass is 432 g/mol. The van der Waals surface area contributed by atoms with Gasteiger partial charge in [0, 0.05) is 13.1 Å². The number of carbonyl (C=O) groups is 1. The lowest BCUT2D eigenvalue weighted by Crippen LogP contribution is -2.35. The second kappa shape index (κ2) is 9.23. The zero-order valence-electron chi connectivity index (χ0n) is 16.9. The number of sulfonamides is 1. The molecule has 1 aliphatic rings. The van der Waals surface area contributed by atoms with Crippen LogP contribution in [-0.4, -0.2) is 52.6 Å². The molecule has 0 atom stereocenters. The van der Waals surface area contributed by atoms with Crippen LogP contribution < -0.4 is 10.1 Å². The predicted octanol–water partition coefficient (Wildman–Crippen LogP) is 1.75. The summed E-state index contributed by atoms with van der Waals surface area (Å²) in [7, 11) is -3.66. The molecule has 3 rings (SSSR count). The highest BCUT2D eigenvalue weighted by atomic mass is 32.2. The lowest BCUT2D eigenvalue weighted by molar-refractivity contribution is -0.116. The Morgan fingerprint density at radius 3 is 2.67 bits per heavy atom. The van der Waals surface area contributed by atoms with Gasteiger partial charge in [-0.3, -0.25) is 4.79 Å². The van der Waals surface area contributed by atoms with E-state index < -0.39 is 15.9 Å². The molecule has 0 aliphatic carbocycles. The molecule has 1 saturated heterocycles. The summed E-state index contributed by atoms with van der Waals surface area (Å²) in [4.78, 5) is 16.3. The number of nitrogens with zero attached hydrogens (tertiary/aromatic N) is 5. The summed E-state index contributed by atoms with van der Waals surface area (Å²) in [5.41, 5.74) is 0.257. The average Bonchev–Trinajstić information content (AvgIpc) is 3.17. The van der Waals surface area contributed by atoms with Crippen LogP contribution in [-0.2, 0) is 21.4 Å². The third-order valence-electron chi connectivity index (χ3n) is 4.48. The molecule has 0 spiro atoms. The summed E-state index contributed by atoms with van der Waals surface area (Å²) >= 11 is 0. The Kier molecular flexibility index (Phi) is 6.69. The minimum Gasteiger partial charge on any atom is -0.489 e. The van der Waals surface area contributed by atoms with E-state index in [4.69, 9.17) is 10.00 Å². The van der Waals surface area contributed by atoms with Gasteiger partial charge in [-0.2, -0.15) is 9.57 Å². The zero-order valence-corrected chi connectivity index (χ0v) is 17.7. The average molecular weight is 433 g/mol. The Hall–Kier alpha value is -2.97. The number of hydrogen-bond donors (Lipinski definition) is 1. The van der Waals surface area contributed by atoms with Crippen molar-refractivity contribution >= 4 is 21.6 Å². The fourth-order valence-electron chi connectivity index (χ4n) is 3.14. The van der Waals surface area contributed by atoms with Crippen molar-refractivity contribution in [3.63, 3.8) is 0 Å². The molecule has 0 unspecified atom stereocenters. The second-order valence-corrected chi connectivity index (χ2v) is 9.15. The summed E-state index contributed by atoms with van der Waals surface area (Å²) in [5.74, 6) is -0.126. The van der Waals surface area contributed by atoms with Gasteiger partial charge in [-0.25, -0.2) is 18.1 Å². The molecule has 160 valence electrons. The van der Waals surface area contributed by atoms with Gasteiger partial charge in [0.2, 0.25) is 15.9 Å². The van der Waals surface area contributed by atoms with Crippen LogP contribution in [0.1, 0.15) is 38.9 Å². The van der Waals surface area contributed by atoms with E-state index in [1.807, 2.05) is 13.8 Å². The van der Waals surface area contributed by atoms with Crippen molar-refractivity contribution in [1.82, 2.24) is 19.1 Å². The van der Waals surface area contributed by atoms with Gasteiger partial charge in [0.25, 0.3) is 5.82 Å². The van der Waals surface area contributed by atoms with E-state index >= 15 is 0 Å². The van der Waals surface area contributed by atoms with Crippen LogP contribution in [0.3, 0.4) is 0 Å². The number of hydrogen-bond acceptors (Lipinski definition) is 7. The molecule has 0 saturated carbocycles. The number of benzene rings is 1. The molecule has 1 aromatic heterocycles. The van der Waals surface area contributed by atoms with Crippen molar-refractivity contribution in [1.29, 1.82) is 5.26 Å². The molecule has 1 fully saturated rings. The number of amides is 1. The molecule has 2 aromatic rings.